The summed E-state index contributed by atoms with van der Waals surface area (Å²) in [6.07, 6.45) is 0.415. The predicted molar refractivity (Wildman–Crippen MR) is 108 cm³/mol. The van der Waals surface area contributed by atoms with E-state index in [1.165, 1.54) is 0 Å². The zero-order valence-corrected chi connectivity index (χ0v) is 17.1. The Morgan fingerprint density at radius 2 is 1.56 bits per heavy atom. The van der Waals surface area contributed by atoms with Gasteiger partial charge in [-0.15, -0.1) is 0 Å². The van der Waals surface area contributed by atoms with E-state index in [4.69, 9.17) is 0 Å². The molecule has 27 heavy (non-hydrogen) atoms. The van der Waals surface area contributed by atoms with Gasteiger partial charge in [0.15, 0.2) is 0 Å². The molecule has 0 saturated heterocycles. The van der Waals surface area contributed by atoms with Crippen molar-refractivity contribution in [2.75, 3.05) is 0 Å². The maximum Gasteiger partial charge on any atom is 0.241 e. The van der Waals surface area contributed by atoms with E-state index in [1.54, 1.807) is 24.3 Å². The highest BCUT2D eigenvalue weighted by Crippen LogP contribution is 2.16. The molecular formula is C21H28N2O3S. The zero-order chi connectivity index (χ0) is 20.0. The molecule has 2 atom stereocenters. The standard InChI is InChI=1S/C21H28N2O3S/c1-15(2)14-20(21(24)22-17(4)18-8-6-5-7-9-18)23-27(25,26)19-12-10-16(3)11-13-19/h5-13,15,17,20,23H,14H2,1-4H3,(H,22,24)/t17-,20+/m1/s1. The summed E-state index contributed by atoms with van der Waals surface area (Å²) in [5.74, 6) is -0.163. The molecule has 2 aromatic rings. The fourth-order valence-corrected chi connectivity index (χ4v) is 4.00. The summed E-state index contributed by atoms with van der Waals surface area (Å²) in [6, 6.07) is 15.1. The molecule has 146 valence electrons. The van der Waals surface area contributed by atoms with Crippen LogP contribution in [0.25, 0.3) is 0 Å². The van der Waals surface area contributed by atoms with Gasteiger partial charge >= 0.3 is 0 Å². The van der Waals surface area contributed by atoms with Gasteiger partial charge in [0.1, 0.15) is 6.04 Å². The number of carbonyl (C=O) groups excluding carboxylic acids is 1. The number of nitrogens with one attached hydrogen (secondary N) is 2. The van der Waals surface area contributed by atoms with Crippen LogP contribution in [0.1, 0.15) is 44.4 Å². The minimum atomic E-state index is -3.78. The topological polar surface area (TPSA) is 75.3 Å². The molecule has 2 aromatic carbocycles. The fourth-order valence-electron chi connectivity index (χ4n) is 2.79. The second kappa shape index (κ2) is 9.15. The van der Waals surface area contributed by atoms with Crippen LogP contribution in [-0.2, 0) is 14.8 Å². The SMILES string of the molecule is Cc1ccc(S(=O)(=O)N[C@@H](CC(C)C)C(=O)N[C@H](C)c2ccccc2)cc1. The summed E-state index contributed by atoms with van der Waals surface area (Å²) in [4.78, 5) is 12.9. The molecule has 0 unspecified atom stereocenters. The van der Waals surface area contributed by atoms with Crippen molar-refractivity contribution in [1.29, 1.82) is 0 Å². The number of sulfonamides is 1. The minimum Gasteiger partial charge on any atom is -0.348 e. The summed E-state index contributed by atoms with van der Waals surface area (Å²) in [6.45, 7) is 7.69. The van der Waals surface area contributed by atoms with Crippen LogP contribution in [0.3, 0.4) is 0 Å². The summed E-state index contributed by atoms with van der Waals surface area (Å²) in [7, 11) is -3.78. The third-order valence-corrected chi connectivity index (χ3v) is 5.80. The lowest BCUT2D eigenvalue weighted by atomic mass is 10.0. The molecule has 0 saturated carbocycles. The van der Waals surface area contributed by atoms with Crippen LogP contribution in [0.2, 0.25) is 0 Å². The van der Waals surface area contributed by atoms with Crippen molar-refractivity contribution in [3.05, 3.63) is 65.7 Å². The number of amides is 1. The van der Waals surface area contributed by atoms with Crippen LogP contribution in [0.15, 0.2) is 59.5 Å². The molecular weight excluding hydrogens is 360 g/mol. The lowest BCUT2D eigenvalue weighted by Crippen LogP contribution is -2.47. The van der Waals surface area contributed by atoms with Gasteiger partial charge in [-0.05, 0) is 43.9 Å². The Labute approximate surface area is 162 Å². The smallest absolute Gasteiger partial charge is 0.241 e. The molecule has 6 heteroatoms. The summed E-state index contributed by atoms with van der Waals surface area (Å²) >= 11 is 0. The first kappa shape index (κ1) is 21.1. The van der Waals surface area contributed by atoms with Crippen molar-refractivity contribution in [3.63, 3.8) is 0 Å². The van der Waals surface area contributed by atoms with Gasteiger partial charge < -0.3 is 5.32 Å². The van der Waals surface area contributed by atoms with Gasteiger partial charge in [-0.3, -0.25) is 4.79 Å². The van der Waals surface area contributed by atoms with E-state index in [1.807, 2.05) is 58.0 Å². The third kappa shape index (κ3) is 6.19. The second-order valence-electron chi connectivity index (χ2n) is 7.26. The largest absolute Gasteiger partial charge is 0.348 e. The van der Waals surface area contributed by atoms with Crippen LogP contribution in [-0.4, -0.2) is 20.4 Å². The van der Waals surface area contributed by atoms with Crippen LogP contribution in [0.4, 0.5) is 0 Å². The molecule has 2 N–H and O–H groups in total. The third-order valence-electron chi connectivity index (χ3n) is 4.31. The highest BCUT2D eigenvalue weighted by molar-refractivity contribution is 7.89. The normalized spacial score (nSPS) is 14.0. The van der Waals surface area contributed by atoms with Gasteiger partial charge in [0.05, 0.1) is 10.9 Å². The first-order valence-electron chi connectivity index (χ1n) is 9.13. The van der Waals surface area contributed by atoms with Crippen LogP contribution in [0, 0.1) is 12.8 Å². The van der Waals surface area contributed by atoms with E-state index in [0.717, 1.165) is 11.1 Å². The van der Waals surface area contributed by atoms with Crippen molar-refractivity contribution in [3.8, 4) is 0 Å². The first-order valence-corrected chi connectivity index (χ1v) is 10.6. The number of hydrogen-bond acceptors (Lipinski definition) is 3. The van der Waals surface area contributed by atoms with Gasteiger partial charge in [-0.1, -0.05) is 61.9 Å². The summed E-state index contributed by atoms with van der Waals surface area (Å²) in [5.41, 5.74) is 1.94. The Morgan fingerprint density at radius 1 is 0.963 bits per heavy atom. The fraction of sp³-hybridized carbons (Fsp3) is 0.381. The van der Waals surface area contributed by atoms with Gasteiger partial charge in [-0.25, -0.2) is 8.42 Å². The molecule has 0 aliphatic heterocycles. The van der Waals surface area contributed by atoms with Crippen molar-refractivity contribution in [1.82, 2.24) is 10.0 Å². The highest BCUT2D eigenvalue weighted by atomic mass is 32.2. The van der Waals surface area contributed by atoms with Crippen LogP contribution < -0.4 is 10.0 Å². The number of hydrogen-bond donors (Lipinski definition) is 2. The van der Waals surface area contributed by atoms with Gasteiger partial charge in [0.25, 0.3) is 0 Å². The highest BCUT2D eigenvalue weighted by Gasteiger charge is 2.27. The number of carbonyl (C=O) groups is 1. The summed E-state index contributed by atoms with van der Waals surface area (Å²) in [5, 5.41) is 2.92. The van der Waals surface area contributed by atoms with E-state index in [2.05, 4.69) is 10.0 Å². The number of benzene rings is 2. The van der Waals surface area contributed by atoms with Gasteiger partial charge in [0.2, 0.25) is 15.9 Å². The molecule has 0 bridgehead atoms. The number of aryl methyl sites for hydroxylation is 1. The maximum absolute atomic E-state index is 12.8. The number of rotatable bonds is 8. The van der Waals surface area contributed by atoms with Crippen molar-refractivity contribution in [2.45, 2.75) is 51.1 Å². The van der Waals surface area contributed by atoms with E-state index in [-0.39, 0.29) is 22.8 Å². The second-order valence-corrected chi connectivity index (χ2v) is 8.97. The molecule has 0 aromatic heterocycles. The van der Waals surface area contributed by atoms with E-state index in [9.17, 15) is 13.2 Å². The monoisotopic (exact) mass is 388 g/mol. The van der Waals surface area contributed by atoms with Gasteiger partial charge in [0, 0.05) is 0 Å². The molecule has 0 aliphatic carbocycles. The molecule has 5 nitrogen and oxygen atoms in total. The molecule has 2 rings (SSSR count). The minimum absolute atomic E-state index is 0.158. The van der Waals surface area contributed by atoms with Crippen LogP contribution in [0.5, 0.6) is 0 Å². The average molecular weight is 389 g/mol. The Bertz CT molecular complexity index is 847. The Hall–Kier alpha value is -2.18. The molecule has 1 amide bonds. The summed E-state index contributed by atoms with van der Waals surface area (Å²) < 4.78 is 28.0. The Kier molecular flexibility index (Phi) is 7.16. The van der Waals surface area contributed by atoms with Gasteiger partial charge in [-0.2, -0.15) is 4.72 Å². The van der Waals surface area contributed by atoms with Crippen molar-refractivity contribution < 1.29 is 13.2 Å². The maximum atomic E-state index is 12.8. The Balaban J connectivity index is 2.16. The van der Waals surface area contributed by atoms with E-state index >= 15 is 0 Å². The molecule has 0 spiro atoms. The first-order chi connectivity index (χ1) is 12.7. The average Bonchev–Trinajstić information content (AvgIpc) is 2.61. The van der Waals surface area contributed by atoms with E-state index in [0.29, 0.717) is 6.42 Å². The molecule has 0 fully saturated rings. The zero-order valence-electron chi connectivity index (χ0n) is 16.3. The molecule has 0 radical (unpaired) electrons. The lowest BCUT2D eigenvalue weighted by molar-refractivity contribution is -0.123. The van der Waals surface area contributed by atoms with E-state index < -0.39 is 16.1 Å². The van der Waals surface area contributed by atoms with Crippen molar-refractivity contribution >= 4 is 15.9 Å². The Morgan fingerprint density at radius 3 is 2.11 bits per heavy atom. The van der Waals surface area contributed by atoms with Crippen molar-refractivity contribution in [2.24, 2.45) is 5.92 Å². The molecule has 0 aliphatic rings. The predicted octanol–water partition coefficient (Wildman–Crippen LogP) is 3.57. The molecule has 0 heterocycles. The quantitative estimate of drug-likeness (QED) is 0.726. The van der Waals surface area contributed by atoms with Crippen LogP contribution >= 0.6 is 0 Å². The lowest BCUT2D eigenvalue weighted by Gasteiger charge is -2.23.